The van der Waals surface area contributed by atoms with Crippen molar-refractivity contribution in [2.24, 2.45) is 4.99 Å². The zero-order chi connectivity index (χ0) is 21.5. The quantitative estimate of drug-likeness (QED) is 0.418. The lowest BCUT2D eigenvalue weighted by Crippen LogP contribution is -2.46. The van der Waals surface area contributed by atoms with E-state index in [-0.39, 0.29) is 5.91 Å². The molecular formula is C22H27ClN4O3. The summed E-state index contributed by atoms with van der Waals surface area (Å²) in [7, 11) is 5.05. The average Bonchev–Trinajstić information content (AvgIpc) is 2.78. The average molecular weight is 431 g/mol. The van der Waals surface area contributed by atoms with Crippen LogP contribution in [0.3, 0.4) is 0 Å². The summed E-state index contributed by atoms with van der Waals surface area (Å²) >= 11 is 6.07. The SMILES string of the molecule is CN=C(NCCNC(=O)c1ccccc1Cl)N1CCc2cc(OC)c(OC)cc2C1. The van der Waals surface area contributed by atoms with E-state index in [4.69, 9.17) is 21.1 Å². The first kappa shape index (κ1) is 21.8. The Morgan fingerprint density at radius 1 is 1.10 bits per heavy atom. The van der Waals surface area contributed by atoms with E-state index in [1.54, 1.807) is 45.5 Å². The van der Waals surface area contributed by atoms with Crippen molar-refractivity contribution in [3.05, 3.63) is 58.1 Å². The molecule has 0 aliphatic carbocycles. The molecule has 8 heteroatoms. The maximum absolute atomic E-state index is 12.2. The van der Waals surface area contributed by atoms with Gasteiger partial charge in [0.1, 0.15) is 0 Å². The van der Waals surface area contributed by atoms with Gasteiger partial charge in [0.15, 0.2) is 17.5 Å². The largest absolute Gasteiger partial charge is 0.493 e. The predicted molar refractivity (Wildman–Crippen MR) is 119 cm³/mol. The summed E-state index contributed by atoms with van der Waals surface area (Å²) in [4.78, 5) is 18.8. The Bertz CT molecular complexity index is 933. The van der Waals surface area contributed by atoms with Gasteiger partial charge in [0.2, 0.25) is 0 Å². The number of carbonyl (C=O) groups is 1. The van der Waals surface area contributed by atoms with Crippen molar-refractivity contribution < 1.29 is 14.3 Å². The van der Waals surface area contributed by atoms with Gasteiger partial charge in [0, 0.05) is 33.2 Å². The van der Waals surface area contributed by atoms with E-state index in [1.165, 1.54) is 11.1 Å². The van der Waals surface area contributed by atoms with Crippen LogP contribution in [0.4, 0.5) is 0 Å². The molecule has 1 heterocycles. The Morgan fingerprint density at radius 3 is 2.43 bits per heavy atom. The number of guanidine groups is 1. The number of methoxy groups -OCH3 is 2. The van der Waals surface area contributed by atoms with Gasteiger partial charge in [0.25, 0.3) is 5.91 Å². The highest BCUT2D eigenvalue weighted by molar-refractivity contribution is 6.33. The number of carbonyl (C=O) groups excluding carboxylic acids is 1. The summed E-state index contributed by atoms with van der Waals surface area (Å²) in [6.07, 6.45) is 0.889. The molecular weight excluding hydrogens is 404 g/mol. The minimum Gasteiger partial charge on any atom is -0.493 e. The van der Waals surface area contributed by atoms with E-state index in [1.807, 2.05) is 12.1 Å². The fourth-order valence-electron chi connectivity index (χ4n) is 3.49. The summed E-state index contributed by atoms with van der Waals surface area (Å²) in [6, 6.07) is 11.1. The topological polar surface area (TPSA) is 75.2 Å². The van der Waals surface area contributed by atoms with Crippen LogP contribution in [-0.2, 0) is 13.0 Å². The molecule has 0 spiro atoms. The van der Waals surface area contributed by atoms with Crippen molar-refractivity contribution in [1.29, 1.82) is 0 Å². The van der Waals surface area contributed by atoms with Crippen LogP contribution < -0.4 is 20.1 Å². The minimum absolute atomic E-state index is 0.190. The van der Waals surface area contributed by atoms with E-state index in [9.17, 15) is 4.79 Å². The van der Waals surface area contributed by atoms with Gasteiger partial charge < -0.3 is 25.0 Å². The van der Waals surface area contributed by atoms with Crippen LogP contribution in [0.1, 0.15) is 21.5 Å². The molecule has 0 atom stereocenters. The van der Waals surface area contributed by atoms with Crippen LogP contribution in [-0.4, -0.2) is 57.7 Å². The molecule has 0 radical (unpaired) electrons. The number of hydrogen-bond acceptors (Lipinski definition) is 4. The molecule has 1 amide bonds. The summed E-state index contributed by atoms with van der Waals surface area (Å²) in [6.45, 7) is 2.58. The first-order valence-corrected chi connectivity index (χ1v) is 10.2. The lowest BCUT2D eigenvalue weighted by atomic mass is 9.99. The number of ether oxygens (including phenoxy) is 2. The molecule has 7 nitrogen and oxygen atoms in total. The number of rotatable bonds is 6. The lowest BCUT2D eigenvalue weighted by molar-refractivity contribution is 0.0954. The van der Waals surface area contributed by atoms with Crippen molar-refractivity contribution in [2.45, 2.75) is 13.0 Å². The molecule has 0 saturated carbocycles. The van der Waals surface area contributed by atoms with Crippen LogP contribution in [0, 0.1) is 0 Å². The molecule has 2 aromatic carbocycles. The first-order chi connectivity index (χ1) is 14.6. The summed E-state index contributed by atoms with van der Waals surface area (Å²) in [5, 5.41) is 6.63. The summed E-state index contributed by atoms with van der Waals surface area (Å²) in [5.74, 6) is 2.08. The van der Waals surface area contributed by atoms with Crippen molar-refractivity contribution >= 4 is 23.5 Å². The zero-order valence-electron chi connectivity index (χ0n) is 17.5. The van der Waals surface area contributed by atoms with Gasteiger partial charge in [-0.3, -0.25) is 9.79 Å². The van der Waals surface area contributed by atoms with Crippen LogP contribution in [0.5, 0.6) is 11.5 Å². The Hall–Kier alpha value is -2.93. The third-order valence-electron chi connectivity index (χ3n) is 5.04. The Balaban J connectivity index is 1.55. The molecule has 0 bridgehead atoms. The maximum atomic E-state index is 12.2. The number of amides is 1. The third-order valence-corrected chi connectivity index (χ3v) is 5.37. The first-order valence-electron chi connectivity index (χ1n) is 9.79. The molecule has 0 saturated heterocycles. The van der Waals surface area contributed by atoms with Crippen LogP contribution >= 0.6 is 11.6 Å². The third kappa shape index (κ3) is 4.97. The number of benzene rings is 2. The standard InChI is InChI=1S/C22H27ClN4O3/c1-24-22(26-10-9-25-21(28)17-6-4-5-7-18(17)23)27-11-8-15-12-19(29-2)20(30-3)13-16(15)14-27/h4-7,12-13H,8-11,14H2,1-3H3,(H,24,26)(H,25,28). The van der Waals surface area contributed by atoms with Gasteiger partial charge in [-0.05, 0) is 41.8 Å². The van der Waals surface area contributed by atoms with Gasteiger partial charge in [-0.2, -0.15) is 0 Å². The zero-order valence-corrected chi connectivity index (χ0v) is 18.3. The molecule has 2 N–H and O–H groups in total. The van der Waals surface area contributed by atoms with Crippen LogP contribution in [0.25, 0.3) is 0 Å². The molecule has 30 heavy (non-hydrogen) atoms. The van der Waals surface area contributed by atoms with Gasteiger partial charge in [0.05, 0.1) is 24.8 Å². The number of halogens is 1. The smallest absolute Gasteiger partial charge is 0.252 e. The number of fused-ring (bicyclic) bond motifs is 1. The van der Waals surface area contributed by atoms with Gasteiger partial charge in [-0.15, -0.1) is 0 Å². The fourth-order valence-corrected chi connectivity index (χ4v) is 3.71. The van der Waals surface area contributed by atoms with Gasteiger partial charge in [-0.1, -0.05) is 23.7 Å². The van der Waals surface area contributed by atoms with Gasteiger partial charge >= 0.3 is 0 Å². The molecule has 1 aliphatic rings. The Kier molecular flexibility index (Phi) is 7.41. The van der Waals surface area contributed by atoms with Gasteiger partial charge in [-0.25, -0.2) is 0 Å². The number of nitrogens with one attached hydrogen (secondary N) is 2. The molecule has 3 rings (SSSR count). The normalized spacial score (nSPS) is 13.5. The highest BCUT2D eigenvalue weighted by Crippen LogP contribution is 2.33. The summed E-state index contributed by atoms with van der Waals surface area (Å²) in [5.41, 5.74) is 2.92. The highest BCUT2D eigenvalue weighted by Gasteiger charge is 2.21. The van der Waals surface area contributed by atoms with Crippen molar-refractivity contribution in [2.75, 3.05) is 40.9 Å². The molecule has 160 valence electrons. The molecule has 0 fully saturated rings. The van der Waals surface area contributed by atoms with E-state index in [2.05, 4.69) is 20.5 Å². The van der Waals surface area contributed by atoms with Crippen molar-refractivity contribution in [1.82, 2.24) is 15.5 Å². The molecule has 1 aliphatic heterocycles. The monoisotopic (exact) mass is 430 g/mol. The fraction of sp³-hybridized carbons (Fsp3) is 0.364. The molecule has 0 unspecified atom stereocenters. The number of nitrogens with zero attached hydrogens (tertiary/aromatic N) is 2. The lowest BCUT2D eigenvalue weighted by Gasteiger charge is -2.32. The number of aliphatic imine (C=N–C) groups is 1. The molecule has 2 aromatic rings. The Labute approximate surface area is 182 Å². The molecule has 0 aromatic heterocycles. The second-order valence-electron chi connectivity index (χ2n) is 6.86. The second-order valence-corrected chi connectivity index (χ2v) is 7.26. The van der Waals surface area contributed by atoms with E-state index >= 15 is 0 Å². The van der Waals surface area contributed by atoms with Crippen LogP contribution in [0.2, 0.25) is 5.02 Å². The van der Waals surface area contributed by atoms with E-state index in [0.29, 0.717) is 23.7 Å². The number of hydrogen-bond donors (Lipinski definition) is 2. The highest BCUT2D eigenvalue weighted by atomic mass is 35.5. The van der Waals surface area contributed by atoms with Crippen LogP contribution in [0.15, 0.2) is 41.4 Å². The van der Waals surface area contributed by atoms with Crippen molar-refractivity contribution in [3.8, 4) is 11.5 Å². The van der Waals surface area contributed by atoms with Crippen molar-refractivity contribution in [3.63, 3.8) is 0 Å². The predicted octanol–water partition coefficient (Wildman–Crippen LogP) is 2.72. The summed E-state index contributed by atoms with van der Waals surface area (Å²) < 4.78 is 10.8. The van der Waals surface area contributed by atoms with E-state index < -0.39 is 0 Å². The maximum Gasteiger partial charge on any atom is 0.252 e. The minimum atomic E-state index is -0.190. The second kappa shape index (κ2) is 10.2. The van der Waals surface area contributed by atoms with E-state index in [0.717, 1.165) is 37.0 Å². The Morgan fingerprint density at radius 2 is 1.77 bits per heavy atom.